The summed E-state index contributed by atoms with van der Waals surface area (Å²) in [6.07, 6.45) is 0. The molecule has 0 aliphatic heterocycles. The monoisotopic (exact) mass is 271 g/mol. The van der Waals surface area contributed by atoms with Crippen molar-refractivity contribution in [1.29, 1.82) is 0 Å². The van der Waals surface area contributed by atoms with Gasteiger partial charge in [-0.1, -0.05) is 0 Å². The molecule has 0 saturated carbocycles. The molecule has 0 bridgehead atoms. The third-order valence-corrected chi connectivity index (χ3v) is 2.48. The Morgan fingerprint density at radius 3 is 2.27 bits per heavy atom. The Kier molecular flexibility index (Phi) is 5.02. The molecular formula is C7H6BrF2Zn. The Morgan fingerprint density at radius 2 is 1.82 bits per heavy atom. The fourth-order valence-electron chi connectivity index (χ4n) is 0.695. The quantitative estimate of drug-likeness (QED) is 0.690. The fraction of sp³-hybridized carbons (Fsp3) is 0.143. The van der Waals surface area contributed by atoms with E-state index in [0.717, 1.165) is 28.9 Å². The van der Waals surface area contributed by atoms with E-state index >= 15 is 0 Å². The summed E-state index contributed by atoms with van der Waals surface area (Å²) >= 11 is 1.07. The minimum atomic E-state index is -0.766. The van der Waals surface area contributed by atoms with Crippen molar-refractivity contribution in [3.05, 3.63) is 35.4 Å². The van der Waals surface area contributed by atoms with E-state index in [1.165, 1.54) is 12.1 Å². The summed E-state index contributed by atoms with van der Waals surface area (Å²) in [4.78, 5) is 0. The third-order valence-electron chi connectivity index (χ3n) is 1.27. The van der Waals surface area contributed by atoms with E-state index in [1.54, 1.807) is 6.07 Å². The van der Waals surface area contributed by atoms with Crippen molar-refractivity contribution < 1.29 is 27.1 Å². The van der Waals surface area contributed by atoms with Crippen molar-refractivity contribution >= 4 is 17.0 Å². The first kappa shape index (κ1) is 11.2. The van der Waals surface area contributed by atoms with E-state index in [-0.39, 0.29) is 17.0 Å². The molecule has 0 aromatic heterocycles. The zero-order valence-electron chi connectivity index (χ0n) is 5.81. The van der Waals surface area contributed by atoms with E-state index in [1.807, 2.05) is 0 Å². The van der Waals surface area contributed by atoms with Gasteiger partial charge >= 0.3 is 67.5 Å². The van der Waals surface area contributed by atoms with E-state index in [2.05, 4.69) is 0 Å². The molecule has 1 aromatic rings. The average molecular weight is 273 g/mol. The van der Waals surface area contributed by atoms with E-state index in [4.69, 9.17) is 0 Å². The van der Waals surface area contributed by atoms with Gasteiger partial charge in [0.2, 0.25) is 0 Å². The average Bonchev–Trinajstić information content (AvgIpc) is 1.95. The molecule has 0 atom stereocenters. The van der Waals surface area contributed by atoms with Crippen LogP contribution in [0.1, 0.15) is 5.56 Å². The summed E-state index contributed by atoms with van der Waals surface area (Å²) in [5.41, 5.74) is 0.874. The molecule has 0 heterocycles. The van der Waals surface area contributed by atoms with Crippen molar-refractivity contribution in [3.63, 3.8) is 0 Å². The van der Waals surface area contributed by atoms with E-state index in [0.29, 0.717) is 0 Å². The first-order valence-electron chi connectivity index (χ1n) is 2.97. The molecule has 0 nitrogen and oxygen atoms in total. The van der Waals surface area contributed by atoms with Crippen LogP contribution in [0.4, 0.5) is 8.78 Å². The molecule has 11 heavy (non-hydrogen) atoms. The summed E-state index contributed by atoms with van der Waals surface area (Å²) in [6.45, 7) is 0. The molecule has 1 aromatic carbocycles. The molecule has 57 valence electrons. The van der Waals surface area contributed by atoms with E-state index < -0.39 is 11.6 Å². The Morgan fingerprint density at radius 1 is 1.18 bits per heavy atom. The second kappa shape index (κ2) is 4.94. The molecule has 1 rings (SSSR count). The summed E-state index contributed by atoms with van der Waals surface area (Å²) in [5, 5.41) is 0.858. The van der Waals surface area contributed by atoms with Gasteiger partial charge in [-0.3, -0.25) is 0 Å². The van der Waals surface area contributed by atoms with Crippen LogP contribution in [0, 0.1) is 11.6 Å². The Balaban J connectivity index is 0.000001000. The summed E-state index contributed by atoms with van der Waals surface area (Å²) in [5.74, 6) is -1.51. The van der Waals surface area contributed by atoms with Gasteiger partial charge in [-0.05, 0) is 0 Å². The molecule has 0 radical (unpaired) electrons. The molecule has 0 saturated heterocycles. The van der Waals surface area contributed by atoms with Crippen molar-refractivity contribution in [2.24, 2.45) is 0 Å². The number of hydrogen-bond acceptors (Lipinski definition) is 0. The molecule has 0 N–H and O–H groups in total. The van der Waals surface area contributed by atoms with Gasteiger partial charge in [-0.15, -0.1) is 17.0 Å². The van der Waals surface area contributed by atoms with Crippen molar-refractivity contribution in [2.75, 3.05) is 0 Å². The van der Waals surface area contributed by atoms with Crippen LogP contribution in [0.2, 0.25) is 0 Å². The number of halogens is 3. The fourth-order valence-corrected chi connectivity index (χ4v) is 1.35. The van der Waals surface area contributed by atoms with Crippen LogP contribution < -0.4 is 0 Å². The zero-order valence-corrected chi connectivity index (χ0v) is 10.5. The van der Waals surface area contributed by atoms with Crippen LogP contribution in [-0.2, 0) is 23.3 Å². The number of hydrogen-bond donors (Lipinski definition) is 0. The Bertz CT molecular complexity index is 240. The van der Waals surface area contributed by atoms with Gasteiger partial charge in [0.1, 0.15) is 0 Å². The van der Waals surface area contributed by atoms with Gasteiger partial charge in [0, 0.05) is 0 Å². The minimum absolute atomic E-state index is 0. The Hall–Kier alpha value is 0.183. The maximum absolute atomic E-state index is 12.4. The predicted octanol–water partition coefficient (Wildman–Crippen LogP) is 2.59. The molecule has 4 heteroatoms. The van der Waals surface area contributed by atoms with Crippen LogP contribution in [0.25, 0.3) is 0 Å². The van der Waals surface area contributed by atoms with Crippen molar-refractivity contribution in [1.82, 2.24) is 0 Å². The molecule has 0 unspecified atom stereocenters. The first-order chi connectivity index (χ1) is 4.74. The van der Waals surface area contributed by atoms with Crippen LogP contribution in [0.15, 0.2) is 18.2 Å². The summed E-state index contributed by atoms with van der Waals surface area (Å²) in [7, 11) is 0. The normalized spacial score (nSPS) is 9.09. The van der Waals surface area contributed by atoms with Gasteiger partial charge in [0.25, 0.3) is 0 Å². The number of benzene rings is 1. The predicted molar refractivity (Wildman–Crippen MR) is 40.4 cm³/mol. The second-order valence-electron chi connectivity index (χ2n) is 2.00. The second-order valence-corrected chi connectivity index (χ2v) is 3.05. The molecule has 0 amide bonds. The van der Waals surface area contributed by atoms with E-state index in [9.17, 15) is 8.78 Å². The third kappa shape index (κ3) is 2.96. The first-order valence-corrected chi connectivity index (χ1v) is 5.07. The summed E-state index contributed by atoms with van der Waals surface area (Å²) in [6, 6.07) is 4.03. The molecule has 0 fully saturated rings. The molecular weight excluding hydrogens is 267 g/mol. The standard InChI is InChI=1S/C7H5F2.BrH.Zn/c1-5-2-3-6(8)7(9)4-5;;/h2-4H,1H2;1H;. The molecule has 0 spiro atoms. The Labute approximate surface area is 84.4 Å². The van der Waals surface area contributed by atoms with Gasteiger partial charge in [0.05, 0.1) is 0 Å². The molecule has 0 aliphatic rings. The SMILES string of the molecule is Br.Fc1ccc([CH2][Zn])cc1F. The van der Waals surface area contributed by atoms with Crippen LogP contribution in [0.3, 0.4) is 0 Å². The van der Waals surface area contributed by atoms with Crippen LogP contribution in [0.5, 0.6) is 0 Å². The van der Waals surface area contributed by atoms with Crippen LogP contribution >= 0.6 is 17.0 Å². The zero-order chi connectivity index (χ0) is 7.56. The van der Waals surface area contributed by atoms with Crippen molar-refractivity contribution in [2.45, 2.75) is 5.02 Å². The maximum atomic E-state index is 12.4. The van der Waals surface area contributed by atoms with Crippen molar-refractivity contribution in [3.8, 4) is 0 Å². The van der Waals surface area contributed by atoms with Gasteiger partial charge in [0.15, 0.2) is 0 Å². The van der Waals surface area contributed by atoms with Gasteiger partial charge in [-0.25, -0.2) is 0 Å². The van der Waals surface area contributed by atoms with Gasteiger partial charge in [-0.2, -0.15) is 0 Å². The van der Waals surface area contributed by atoms with Crippen LogP contribution in [-0.4, -0.2) is 0 Å². The summed E-state index contributed by atoms with van der Waals surface area (Å²) < 4.78 is 24.7. The number of rotatable bonds is 1. The van der Waals surface area contributed by atoms with Gasteiger partial charge < -0.3 is 0 Å². The molecule has 0 aliphatic carbocycles. The topological polar surface area (TPSA) is 0 Å².